The van der Waals surface area contributed by atoms with Crippen molar-refractivity contribution in [2.24, 2.45) is 0 Å². The Morgan fingerprint density at radius 2 is 2.31 bits per heavy atom. The van der Waals surface area contributed by atoms with Gasteiger partial charge in [-0.25, -0.2) is 0 Å². The predicted octanol–water partition coefficient (Wildman–Crippen LogP) is 2.49. The quantitative estimate of drug-likeness (QED) is 0.852. The molecular formula is C10H10ClN3OS. The van der Waals surface area contributed by atoms with Crippen LogP contribution in [0.4, 0.5) is 0 Å². The Labute approximate surface area is 102 Å². The summed E-state index contributed by atoms with van der Waals surface area (Å²) in [4.78, 5) is 0.949. The summed E-state index contributed by atoms with van der Waals surface area (Å²) in [6.07, 6.45) is 2.10. The number of rotatable bonds is 1. The zero-order valence-corrected chi connectivity index (χ0v) is 10.0. The second-order valence-corrected chi connectivity index (χ2v) is 5.50. The van der Waals surface area contributed by atoms with Crippen LogP contribution in [0.1, 0.15) is 24.9 Å². The van der Waals surface area contributed by atoms with E-state index in [1.807, 2.05) is 16.7 Å². The van der Waals surface area contributed by atoms with Crippen LogP contribution in [0, 0.1) is 0 Å². The number of nitrogens with zero attached hydrogens (tertiary/aromatic N) is 3. The van der Waals surface area contributed by atoms with Gasteiger partial charge in [-0.3, -0.25) is 4.57 Å². The summed E-state index contributed by atoms with van der Waals surface area (Å²) in [6.45, 7) is 0. The largest absolute Gasteiger partial charge is 0.373 e. The number of aromatic nitrogens is 3. The van der Waals surface area contributed by atoms with Crippen LogP contribution < -0.4 is 0 Å². The van der Waals surface area contributed by atoms with Crippen molar-refractivity contribution in [2.75, 3.05) is 0 Å². The van der Waals surface area contributed by atoms with Crippen molar-refractivity contribution in [1.82, 2.24) is 14.8 Å². The first kappa shape index (κ1) is 10.3. The van der Waals surface area contributed by atoms with Gasteiger partial charge in [-0.15, -0.1) is 21.5 Å². The molecule has 3 rings (SSSR count). The molecule has 0 saturated heterocycles. The maximum atomic E-state index is 9.95. The number of aliphatic hydroxyl groups excluding tert-OH is 1. The van der Waals surface area contributed by atoms with Crippen LogP contribution in [0.3, 0.4) is 0 Å². The summed E-state index contributed by atoms with van der Waals surface area (Å²) in [5.41, 5.74) is 0. The monoisotopic (exact) mass is 255 g/mol. The standard InChI is InChI=1S/C10H10ClN3OS/c11-7-5-4-6(16-7)10-13-12-8-2-1-3-9(15)14(8)10/h4-5,9,15H,1-3H2. The Bertz CT molecular complexity index is 522. The predicted molar refractivity (Wildman–Crippen MR) is 62.5 cm³/mol. The van der Waals surface area contributed by atoms with Gasteiger partial charge in [0.1, 0.15) is 12.1 Å². The van der Waals surface area contributed by atoms with Crippen molar-refractivity contribution in [3.8, 4) is 10.7 Å². The Morgan fingerprint density at radius 1 is 1.44 bits per heavy atom. The lowest BCUT2D eigenvalue weighted by atomic mass is 10.1. The average Bonchev–Trinajstić information content (AvgIpc) is 2.84. The molecule has 1 aliphatic heterocycles. The Morgan fingerprint density at radius 3 is 3.06 bits per heavy atom. The van der Waals surface area contributed by atoms with Crippen LogP contribution in [-0.4, -0.2) is 19.9 Å². The van der Waals surface area contributed by atoms with E-state index >= 15 is 0 Å². The fraction of sp³-hybridized carbons (Fsp3) is 0.400. The van der Waals surface area contributed by atoms with E-state index in [0.717, 1.165) is 40.1 Å². The molecule has 0 aliphatic carbocycles. The zero-order valence-electron chi connectivity index (χ0n) is 8.43. The fourth-order valence-corrected chi connectivity index (χ4v) is 3.01. The molecule has 4 nitrogen and oxygen atoms in total. The summed E-state index contributed by atoms with van der Waals surface area (Å²) in [6, 6.07) is 3.74. The van der Waals surface area contributed by atoms with E-state index in [2.05, 4.69) is 10.2 Å². The van der Waals surface area contributed by atoms with Crippen LogP contribution in [0.15, 0.2) is 12.1 Å². The first-order valence-corrected chi connectivity index (χ1v) is 6.33. The molecule has 0 bridgehead atoms. The molecule has 1 aliphatic rings. The van der Waals surface area contributed by atoms with Crippen LogP contribution in [0.25, 0.3) is 10.7 Å². The number of fused-ring (bicyclic) bond motifs is 1. The van der Waals surface area contributed by atoms with Crippen molar-refractivity contribution in [3.05, 3.63) is 22.3 Å². The van der Waals surface area contributed by atoms with Crippen LogP contribution >= 0.6 is 22.9 Å². The van der Waals surface area contributed by atoms with Gasteiger partial charge in [0, 0.05) is 6.42 Å². The molecule has 6 heteroatoms. The SMILES string of the molecule is OC1CCCc2nnc(-c3ccc(Cl)s3)n21. The van der Waals surface area contributed by atoms with Gasteiger partial charge < -0.3 is 5.11 Å². The maximum Gasteiger partial charge on any atom is 0.176 e. The number of hydrogen-bond acceptors (Lipinski definition) is 4. The number of aryl methyl sites for hydroxylation is 1. The Kier molecular flexibility index (Phi) is 2.46. The van der Waals surface area contributed by atoms with Crippen molar-refractivity contribution in [1.29, 1.82) is 0 Å². The van der Waals surface area contributed by atoms with Crippen molar-refractivity contribution in [2.45, 2.75) is 25.5 Å². The highest BCUT2D eigenvalue weighted by atomic mass is 35.5. The molecular weight excluding hydrogens is 246 g/mol. The normalized spacial score (nSPS) is 19.8. The van der Waals surface area contributed by atoms with E-state index in [9.17, 15) is 5.11 Å². The fourth-order valence-electron chi connectivity index (χ4n) is 1.98. The molecule has 1 atom stereocenters. The van der Waals surface area contributed by atoms with Gasteiger partial charge in [0.05, 0.1) is 9.21 Å². The molecule has 1 unspecified atom stereocenters. The molecule has 0 fully saturated rings. The second-order valence-electron chi connectivity index (χ2n) is 3.79. The minimum atomic E-state index is -0.505. The van der Waals surface area contributed by atoms with Gasteiger partial charge in [0.2, 0.25) is 0 Å². The minimum absolute atomic E-state index is 0.505. The molecule has 0 saturated carbocycles. The highest BCUT2D eigenvalue weighted by molar-refractivity contribution is 7.19. The molecule has 0 spiro atoms. The van der Waals surface area contributed by atoms with Gasteiger partial charge in [0.25, 0.3) is 0 Å². The lowest BCUT2D eigenvalue weighted by Crippen LogP contribution is -2.18. The first-order valence-electron chi connectivity index (χ1n) is 5.13. The van der Waals surface area contributed by atoms with Crippen molar-refractivity contribution >= 4 is 22.9 Å². The topological polar surface area (TPSA) is 50.9 Å². The van der Waals surface area contributed by atoms with Crippen LogP contribution in [-0.2, 0) is 6.42 Å². The molecule has 1 N–H and O–H groups in total. The highest BCUT2D eigenvalue weighted by Crippen LogP contribution is 2.33. The second kappa shape index (κ2) is 3.84. The summed E-state index contributed by atoms with van der Waals surface area (Å²) >= 11 is 7.35. The first-order chi connectivity index (χ1) is 7.75. The third kappa shape index (κ3) is 1.55. The molecule has 0 radical (unpaired) electrons. The van der Waals surface area contributed by atoms with Gasteiger partial charge in [-0.1, -0.05) is 11.6 Å². The lowest BCUT2D eigenvalue weighted by molar-refractivity contribution is 0.0796. The molecule has 84 valence electrons. The molecule has 2 aromatic heterocycles. The Hall–Kier alpha value is -0.910. The Balaban J connectivity index is 2.12. The van der Waals surface area contributed by atoms with Gasteiger partial charge >= 0.3 is 0 Å². The number of halogens is 1. The molecule has 16 heavy (non-hydrogen) atoms. The van der Waals surface area contributed by atoms with Gasteiger partial charge in [0.15, 0.2) is 5.82 Å². The average molecular weight is 256 g/mol. The van der Waals surface area contributed by atoms with E-state index < -0.39 is 6.23 Å². The van der Waals surface area contributed by atoms with Gasteiger partial charge in [-0.05, 0) is 25.0 Å². The van der Waals surface area contributed by atoms with E-state index in [1.54, 1.807) is 0 Å². The summed E-state index contributed by atoms with van der Waals surface area (Å²) < 4.78 is 2.53. The molecule has 2 aromatic rings. The zero-order chi connectivity index (χ0) is 11.1. The van der Waals surface area contributed by atoms with Crippen LogP contribution in [0.5, 0.6) is 0 Å². The highest BCUT2D eigenvalue weighted by Gasteiger charge is 2.24. The number of hydrogen-bond donors (Lipinski definition) is 1. The van der Waals surface area contributed by atoms with Crippen molar-refractivity contribution < 1.29 is 5.11 Å². The summed E-state index contributed by atoms with van der Waals surface area (Å²) in [5, 5.41) is 18.2. The van der Waals surface area contributed by atoms with Crippen molar-refractivity contribution in [3.63, 3.8) is 0 Å². The molecule has 0 aromatic carbocycles. The number of aliphatic hydroxyl groups is 1. The van der Waals surface area contributed by atoms with Crippen LogP contribution in [0.2, 0.25) is 4.34 Å². The third-order valence-corrected chi connectivity index (χ3v) is 3.95. The minimum Gasteiger partial charge on any atom is -0.373 e. The summed E-state index contributed by atoms with van der Waals surface area (Å²) in [7, 11) is 0. The smallest absolute Gasteiger partial charge is 0.176 e. The summed E-state index contributed by atoms with van der Waals surface area (Å²) in [5.74, 6) is 1.58. The third-order valence-electron chi connectivity index (χ3n) is 2.72. The van der Waals surface area contributed by atoms with E-state index in [0.29, 0.717) is 0 Å². The van der Waals surface area contributed by atoms with E-state index in [-0.39, 0.29) is 0 Å². The number of thiophene rings is 1. The lowest BCUT2D eigenvalue weighted by Gasteiger charge is -2.20. The molecule has 3 heterocycles. The maximum absolute atomic E-state index is 9.95. The van der Waals surface area contributed by atoms with E-state index in [1.165, 1.54) is 11.3 Å². The molecule has 0 amide bonds. The van der Waals surface area contributed by atoms with E-state index in [4.69, 9.17) is 11.6 Å². The van der Waals surface area contributed by atoms with Gasteiger partial charge in [-0.2, -0.15) is 0 Å².